The summed E-state index contributed by atoms with van der Waals surface area (Å²) in [5.74, 6) is -0.360. The molecule has 138 valence electrons. The second-order valence-electron chi connectivity index (χ2n) is 5.87. The van der Waals surface area contributed by atoms with Crippen molar-refractivity contribution in [1.82, 2.24) is 10.2 Å². The normalized spacial score (nSPS) is 10.6. The third-order valence-electron chi connectivity index (χ3n) is 4.02. The minimum atomic E-state index is -0.329. The van der Waals surface area contributed by atoms with Crippen LogP contribution in [0.15, 0.2) is 60.7 Å². The van der Waals surface area contributed by atoms with Gasteiger partial charge in [0.1, 0.15) is 12.7 Å². The van der Waals surface area contributed by atoms with Crippen molar-refractivity contribution in [3.05, 3.63) is 71.8 Å². The standard InChI is InChI=1S/C21H26N2O3/c1-3-22-19(24)15-23(4-2)20(25)16-26-21(17-11-7-5-8-12-17)18-13-9-6-10-14-18/h5-14,21H,3-4,15-16H2,1-2H3,(H,22,24). The summed E-state index contributed by atoms with van der Waals surface area (Å²) < 4.78 is 5.98. The van der Waals surface area contributed by atoms with E-state index < -0.39 is 0 Å². The number of carbonyl (C=O) groups excluding carboxylic acids is 2. The zero-order valence-electron chi connectivity index (χ0n) is 15.4. The molecule has 2 aromatic carbocycles. The zero-order valence-corrected chi connectivity index (χ0v) is 15.4. The lowest BCUT2D eigenvalue weighted by Crippen LogP contribution is -2.42. The molecule has 0 atom stereocenters. The molecule has 0 heterocycles. The predicted octanol–water partition coefficient (Wildman–Crippen LogP) is 2.78. The monoisotopic (exact) mass is 354 g/mol. The lowest BCUT2D eigenvalue weighted by molar-refractivity contribution is -0.140. The third-order valence-corrected chi connectivity index (χ3v) is 4.02. The number of nitrogens with one attached hydrogen (secondary N) is 1. The summed E-state index contributed by atoms with van der Waals surface area (Å²) in [5, 5.41) is 2.71. The Labute approximate surface area is 155 Å². The fourth-order valence-corrected chi connectivity index (χ4v) is 2.69. The van der Waals surface area contributed by atoms with Crippen LogP contribution in [-0.4, -0.2) is 43.0 Å². The molecule has 0 aliphatic rings. The van der Waals surface area contributed by atoms with Gasteiger partial charge in [0.2, 0.25) is 11.8 Å². The fraction of sp³-hybridized carbons (Fsp3) is 0.333. The Balaban J connectivity index is 2.06. The van der Waals surface area contributed by atoms with Crippen LogP contribution in [0.25, 0.3) is 0 Å². The first-order chi connectivity index (χ1) is 12.7. The summed E-state index contributed by atoms with van der Waals surface area (Å²) in [6.07, 6.45) is -0.329. The maximum Gasteiger partial charge on any atom is 0.249 e. The Kier molecular flexibility index (Phi) is 7.83. The molecule has 0 saturated heterocycles. The van der Waals surface area contributed by atoms with E-state index in [2.05, 4.69) is 5.32 Å². The zero-order chi connectivity index (χ0) is 18.8. The van der Waals surface area contributed by atoms with E-state index in [0.717, 1.165) is 11.1 Å². The molecule has 0 bridgehead atoms. The molecule has 0 aliphatic carbocycles. The van der Waals surface area contributed by atoms with Gasteiger partial charge in [-0.3, -0.25) is 9.59 Å². The molecule has 2 amide bonds. The smallest absolute Gasteiger partial charge is 0.249 e. The Hall–Kier alpha value is -2.66. The summed E-state index contributed by atoms with van der Waals surface area (Å²) in [4.78, 5) is 25.8. The van der Waals surface area contributed by atoms with Gasteiger partial charge in [0.25, 0.3) is 0 Å². The van der Waals surface area contributed by atoms with Crippen LogP contribution in [0.3, 0.4) is 0 Å². The first-order valence-electron chi connectivity index (χ1n) is 8.91. The van der Waals surface area contributed by atoms with Crippen LogP contribution >= 0.6 is 0 Å². The van der Waals surface area contributed by atoms with Crippen molar-refractivity contribution in [3.63, 3.8) is 0 Å². The van der Waals surface area contributed by atoms with Crippen LogP contribution in [0, 0.1) is 0 Å². The number of carbonyl (C=O) groups is 2. The van der Waals surface area contributed by atoms with Gasteiger partial charge in [-0.2, -0.15) is 0 Å². The molecular formula is C21H26N2O3. The van der Waals surface area contributed by atoms with E-state index in [9.17, 15) is 9.59 Å². The molecule has 2 aromatic rings. The number of amides is 2. The maximum absolute atomic E-state index is 12.5. The van der Waals surface area contributed by atoms with Gasteiger partial charge < -0.3 is 15.0 Å². The van der Waals surface area contributed by atoms with E-state index in [1.54, 1.807) is 0 Å². The fourth-order valence-electron chi connectivity index (χ4n) is 2.69. The molecule has 0 unspecified atom stereocenters. The first-order valence-corrected chi connectivity index (χ1v) is 8.91. The highest BCUT2D eigenvalue weighted by molar-refractivity contribution is 5.85. The third kappa shape index (κ3) is 5.70. The van der Waals surface area contributed by atoms with Crippen molar-refractivity contribution in [2.75, 3.05) is 26.2 Å². The summed E-state index contributed by atoms with van der Waals surface area (Å²) in [7, 11) is 0. The summed E-state index contributed by atoms with van der Waals surface area (Å²) in [5.41, 5.74) is 1.97. The molecular weight excluding hydrogens is 328 g/mol. The van der Waals surface area contributed by atoms with Crippen LogP contribution in [0.1, 0.15) is 31.1 Å². The van der Waals surface area contributed by atoms with E-state index in [0.29, 0.717) is 13.1 Å². The number of likely N-dealkylation sites (N-methyl/N-ethyl adjacent to an activating group) is 2. The number of hydrogen-bond acceptors (Lipinski definition) is 3. The van der Waals surface area contributed by atoms with Gasteiger partial charge in [-0.25, -0.2) is 0 Å². The maximum atomic E-state index is 12.5. The van der Waals surface area contributed by atoms with Crippen LogP contribution in [-0.2, 0) is 14.3 Å². The number of rotatable bonds is 9. The quantitative estimate of drug-likeness (QED) is 0.753. The van der Waals surface area contributed by atoms with Gasteiger partial charge in [-0.15, -0.1) is 0 Å². The van der Waals surface area contributed by atoms with Crippen molar-refractivity contribution < 1.29 is 14.3 Å². The molecule has 1 N–H and O–H groups in total. The van der Waals surface area contributed by atoms with Crippen LogP contribution in [0.4, 0.5) is 0 Å². The average Bonchev–Trinajstić information content (AvgIpc) is 2.68. The van der Waals surface area contributed by atoms with E-state index in [1.807, 2.05) is 74.5 Å². The molecule has 0 spiro atoms. The summed E-state index contributed by atoms with van der Waals surface area (Å²) in [6.45, 7) is 4.67. The largest absolute Gasteiger partial charge is 0.359 e. The molecule has 0 radical (unpaired) electrons. The van der Waals surface area contributed by atoms with Gasteiger partial charge in [-0.05, 0) is 25.0 Å². The van der Waals surface area contributed by atoms with Crippen molar-refractivity contribution in [2.24, 2.45) is 0 Å². The highest BCUT2D eigenvalue weighted by Crippen LogP contribution is 2.25. The molecule has 0 aromatic heterocycles. The molecule has 0 fully saturated rings. The Bertz CT molecular complexity index is 649. The van der Waals surface area contributed by atoms with E-state index in [1.165, 1.54) is 4.90 Å². The van der Waals surface area contributed by atoms with Gasteiger partial charge >= 0.3 is 0 Å². The molecule has 5 heteroatoms. The van der Waals surface area contributed by atoms with Crippen LogP contribution < -0.4 is 5.32 Å². The van der Waals surface area contributed by atoms with Gasteiger partial charge in [0.15, 0.2) is 0 Å². The van der Waals surface area contributed by atoms with Crippen molar-refractivity contribution in [2.45, 2.75) is 20.0 Å². The Morgan fingerprint density at radius 1 is 0.962 bits per heavy atom. The highest BCUT2D eigenvalue weighted by atomic mass is 16.5. The Morgan fingerprint density at radius 3 is 1.96 bits per heavy atom. The lowest BCUT2D eigenvalue weighted by atomic mass is 10.0. The van der Waals surface area contributed by atoms with Crippen LogP contribution in [0.2, 0.25) is 0 Å². The van der Waals surface area contributed by atoms with Crippen molar-refractivity contribution in [3.8, 4) is 0 Å². The summed E-state index contributed by atoms with van der Waals surface area (Å²) >= 11 is 0. The summed E-state index contributed by atoms with van der Waals surface area (Å²) in [6, 6.07) is 19.6. The molecule has 2 rings (SSSR count). The second kappa shape index (κ2) is 10.4. The minimum Gasteiger partial charge on any atom is -0.359 e. The molecule has 0 saturated carbocycles. The Morgan fingerprint density at radius 2 is 1.50 bits per heavy atom. The van der Waals surface area contributed by atoms with E-state index in [-0.39, 0.29) is 31.1 Å². The number of nitrogens with zero attached hydrogens (tertiary/aromatic N) is 1. The topological polar surface area (TPSA) is 58.6 Å². The van der Waals surface area contributed by atoms with E-state index in [4.69, 9.17) is 4.74 Å². The number of benzene rings is 2. The predicted molar refractivity (Wildman–Crippen MR) is 102 cm³/mol. The lowest BCUT2D eigenvalue weighted by Gasteiger charge is -2.23. The SMILES string of the molecule is CCNC(=O)CN(CC)C(=O)COC(c1ccccc1)c1ccccc1. The van der Waals surface area contributed by atoms with Crippen molar-refractivity contribution in [1.29, 1.82) is 0 Å². The van der Waals surface area contributed by atoms with Gasteiger partial charge in [0, 0.05) is 13.1 Å². The minimum absolute atomic E-state index is 0.0495. The average molecular weight is 354 g/mol. The second-order valence-corrected chi connectivity index (χ2v) is 5.87. The first kappa shape index (κ1) is 19.7. The van der Waals surface area contributed by atoms with Crippen molar-refractivity contribution >= 4 is 11.8 Å². The van der Waals surface area contributed by atoms with Gasteiger partial charge in [-0.1, -0.05) is 60.7 Å². The number of hydrogen-bond donors (Lipinski definition) is 1. The highest BCUT2D eigenvalue weighted by Gasteiger charge is 2.20. The van der Waals surface area contributed by atoms with Crippen LogP contribution in [0.5, 0.6) is 0 Å². The van der Waals surface area contributed by atoms with E-state index >= 15 is 0 Å². The molecule has 5 nitrogen and oxygen atoms in total. The van der Waals surface area contributed by atoms with Gasteiger partial charge in [0.05, 0.1) is 6.54 Å². The molecule has 26 heavy (non-hydrogen) atoms. The number of ether oxygens (including phenoxy) is 1. The molecule has 0 aliphatic heterocycles.